The van der Waals surface area contributed by atoms with E-state index in [2.05, 4.69) is 10.6 Å². The highest BCUT2D eigenvalue weighted by Crippen LogP contribution is 2.30. The molecule has 1 aliphatic carbocycles. The molecular formula is C22H21Cl2F3N2O2. The summed E-state index contributed by atoms with van der Waals surface area (Å²) in [7, 11) is 0. The third-order valence-electron chi connectivity index (χ3n) is 5.22. The van der Waals surface area contributed by atoms with Crippen molar-refractivity contribution in [1.82, 2.24) is 10.6 Å². The average molecular weight is 473 g/mol. The summed E-state index contributed by atoms with van der Waals surface area (Å²) in [5, 5.41) is 5.95. The summed E-state index contributed by atoms with van der Waals surface area (Å²) >= 11 is 12.0. The molecule has 2 aromatic carbocycles. The van der Waals surface area contributed by atoms with Crippen LogP contribution in [0.3, 0.4) is 0 Å². The van der Waals surface area contributed by atoms with E-state index in [0.717, 1.165) is 50.3 Å². The molecule has 2 aromatic rings. The lowest BCUT2D eigenvalue weighted by Gasteiger charge is -2.26. The Morgan fingerprint density at radius 3 is 2.32 bits per heavy atom. The van der Waals surface area contributed by atoms with Gasteiger partial charge >= 0.3 is 6.18 Å². The van der Waals surface area contributed by atoms with Gasteiger partial charge in [0.15, 0.2) is 0 Å². The Morgan fingerprint density at radius 1 is 0.968 bits per heavy atom. The van der Waals surface area contributed by atoms with Crippen molar-refractivity contribution < 1.29 is 22.8 Å². The van der Waals surface area contributed by atoms with Crippen molar-refractivity contribution >= 4 is 35.0 Å². The van der Waals surface area contributed by atoms with Gasteiger partial charge in [0.1, 0.15) is 6.04 Å². The van der Waals surface area contributed by atoms with Crippen LogP contribution >= 0.6 is 23.2 Å². The van der Waals surface area contributed by atoms with Gasteiger partial charge in [0.25, 0.3) is 5.91 Å². The molecule has 2 amide bonds. The van der Waals surface area contributed by atoms with Crippen molar-refractivity contribution in [2.75, 3.05) is 0 Å². The number of benzene rings is 2. The molecule has 0 saturated heterocycles. The number of hydrogen-bond acceptors (Lipinski definition) is 2. The van der Waals surface area contributed by atoms with Crippen LogP contribution in [0.5, 0.6) is 0 Å². The van der Waals surface area contributed by atoms with Crippen molar-refractivity contribution in [3.63, 3.8) is 0 Å². The summed E-state index contributed by atoms with van der Waals surface area (Å²) in [6.45, 7) is 0. The maximum atomic E-state index is 13.0. The summed E-state index contributed by atoms with van der Waals surface area (Å²) in [6.07, 6.45) is 0.188. The quantitative estimate of drug-likeness (QED) is 0.566. The predicted octanol–water partition coefficient (Wildman–Crippen LogP) is 5.93. The number of nitrogens with one attached hydrogen (secondary N) is 2. The number of carbonyl (C=O) groups excluding carboxylic acids is 2. The first kappa shape index (κ1) is 23.4. The van der Waals surface area contributed by atoms with Gasteiger partial charge in [-0.25, -0.2) is 0 Å². The molecule has 3 rings (SSSR count). The van der Waals surface area contributed by atoms with Crippen molar-refractivity contribution in [2.24, 2.45) is 0 Å². The van der Waals surface area contributed by atoms with Crippen LogP contribution in [-0.4, -0.2) is 17.9 Å². The standard InChI is InChI=1S/C22H21Cl2F3N2O2/c23-17-10-9-13(12-18(17)24)19(21(31)28-16-7-2-1-3-8-16)29-20(30)14-5-4-6-15(11-14)22(25,26)27/h4-6,9-12,16,19H,1-3,7-8H2,(H,28,31)(H,29,30). The highest BCUT2D eigenvalue weighted by molar-refractivity contribution is 6.42. The molecule has 0 aromatic heterocycles. The Balaban J connectivity index is 1.86. The number of hydrogen-bond donors (Lipinski definition) is 2. The lowest BCUT2D eigenvalue weighted by atomic mass is 9.95. The van der Waals surface area contributed by atoms with E-state index in [1.807, 2.05) is 0 Å². The van der Waals surface area contributed by atoms with Gasteiger partial charge in [-0.05, 0) is 48.7 Å². The second-order valence-electron chi connectivity index (χ2n) is 7.50. The summed E-state index contributed by atoms with van der Waals surface area (Å²) in [4.78, 5) is 25.8. The Bertz CT molecular complexity index is 960. The van der Waals surface area contributed by atoms with Crippen LogP contribution in [0.25, 0.3) is 0 Å². The minimum absolute atomic E-state index is 0.0167. The van der Waals surface area contributed by atoms with Gasteiger partial charge in [0.05, 0.1) is 15.6 Å². The molecular weight excluding hydrogens is 452 g/mol. The Labute approximate surface area is 188 Å². The summed E-state index contributed by atoms with van der Waals surface area (Å²) < 4.78 is 39.0. The minimum Gasteiger partial charge on any atom is -0.351 e. The molecule has 0 radical (unpaired) electrons. The molecule has 166 valence electrons. The Hall–Kier alpha value is -2.25. The average Bonchev–Trinajstić information content (AvgIpc) is 2.74. The maximum absolute atomic E-state index is 13.0. The molecule has 9 heteroatoms. The molecule has 1 atom stereocenters. The molecule has 0 spiro atoms. The van der Waals surface area contributed by atoms with Gasteiger partial charge in [0.2, 0.25) is 5.91 Å². The van der Waals surface area contributed by atoms with Crippen molar-refractivity contribution in [2.45, 2.75) is 50.4 Å². The van der Waals surface area contributed by atoms with Crippen LogP contribution in [0.2, 0.25) is 10.0 Å². The van der Waals surface area contributed by atoms with Crippen LogP contribution in [-0.2, 0) is 11.0 Å². The molecule has 2 N–H and O–H groups in total. The van der Waals surface area contributed by atoms with E-state index in [1.54, 1.807) is 6.07 Å². The topological polar surface area (TPSA) is 58.2 Å². The Kier molecular flexibility index (Phi) is 7.49. The van der Waals surface area contributed by atoms with Gasteiger partial charge in [0, 0.05) is 11.6 Å². The van der Waals surface area contributed by atoms with Crippen molar-refractivity contribution in [3.05, 3.63) is 69.2 Å². The van der Waals surface area contributed by atoms with Crippen LogP contribution in [0.1, 0.15) is 59.6 Å². The maximum Gasteiger partial charge on any atom is 0.416 e. The van der Waals surface area contributed by atoms with Crippen molar-refractivity contribution in [3.8, 4) is 0 Å². The van der Waals surface area contributed by atoms with E-state index >= 15 is 0 Å². The zero-order chi connectivity index (χ0) is 22.6. The molecule has 1 fully saturated rings. The highest BCUT2D eigenvalue weighted by Gasteiger charge is 2.32. The first-order valence-corrected chi connectivity index (χ1v) is 10.6. The minimum atomic E-state index is -4.59. The number of carbonyl (C=O) groups is 2. The molecule has 4 nitrogen and oxygen atoms in total. The largest absolute Gasteiger partial charge is 0.416 e. The fourth-order valence-electron chi connectivity index (χ4n) is 3.57. The lowest BCUT2D eigenvalue weighted by molar-refractivity contribution is -0.137. The molecule has 0 aliphatic heterocycles. The van der Waals surface area contributed by atoms with Gasteiger partial charge < -0.3 is 10.6 Å². The molecule has 0 bridgehead atoms. The number of amides is 2. The van der Waals surface area contributed by atoms with Gasteiger partial charge in [-0.2, -0.15) is 13.2 Å². The van der Waals surface area contributed by atoms with Gasteiger partial charge in [-0.15, -0.1) is 0 Å². The van der Waals surface area contributed by atoms with E-state index in [1.165, 1.54) is 18.2 Å². The fraction of sp³-hybridized carbons (Fsp3) is 0.364. The monoisotopic (exact) mass is 472 g/mol. The normalized spacial score (nSPS) is 15.9. The summed E-state index contributed by atoms with van der Waals surface area (Å²) in [5.41, 5.74) is -0.772. The van der Waals surface area contributed by atoms with Gasteiger partial charge in [-0.3, -0.25) is 9.59 Å². The van der Waals surface area contributed by atoms with E-state index in [9.17, 15) is 22.8 Å². The van der Waals surface area contributed by atoms with Crippen LogP contribution in [0, 0.1) is 0 Å². The van der Waals surface area contributed by atoms with Crippen LogP contribution in [0.15, 0.2) is 42.5 Å². The van der Waals surface area contributed by atoms with Crippen molar-refractivity contribution in [1.29, 1.82) is 0 Å². The molecule has 1 aliphatic rings. The van der Waals surface area contributed by atoms with E-state index in [-0.39, 0.29) is 21.7 Å². The lowest BCUT2D eigenvalue weighted by Crippen LogP contribution is -2.45. The van der Waals surface area contributed by atoms with E-state index < -0.39 is 29.6 Å². The first-order valence-electron chi connectivity index (χ1n) is 9.88. The Morgan fingerprint density at radius 2 is 1.68 bits per heavy atom. The third-order valence-corrected chi connectivity index (χ3v) is 5.96. The second-order valence-corrected chi connectivity index (χ2v) is 8.32. The predicted molar refractivity (Wildman–Crippen MR) is 113 cm³/mol. The smallest absolute Gasteiger partial charge is 0.351 e. The SMILES string of the molecule is O=C(NC(C(=O)NC1CCCCC1)c1ccc(Cl)c(Cl)c1)c1cccc(C(F)(F)F)c1. The number of rotatable bonds is 5. The zero-order valence-electron chi connectivity index (χ0n) is 16.4. The van der Waals surface area contributed by atoms with E-state index in [4.69, 9.17) is 23.2 Å². The fourth-order valence-corrected chi connectivity index (χ4v) is 3.88. The second kappa shape index (κ2) is 9.92. The van der Waals surface area contributed by atoms with E-state index in [0.29, 0.717) is 5.56 Å². The van der Waals surface area contributed by atoms with Crippen LogP contribution < -0.4 is 10.6 Å². The molecule has 0 heterocycles. The molecule has 1 saturated carbocycles. The third kappa shape index (κ3) is 6.14. The number of alkyl halides is 3. The molecule has 1 unspecified atom stereocenters. The summed E-state index contributed by atoms with van der Waals surface area (Å²) in [6, 6.07) is 7.38. The highest BCUT2D eigenvalue weighted by atomic mass is 35.5. The zero-order valence-corrected chi connectivity index (χ0v) is 17.9. The van der Waals surface area contributed by atoms with Gasteiger partial charge in [-0.1, -0.05) is 54.6 Å². The van der Waals surface area contributed by atoms with Crippen LogP contribution in [0.4, 0.5) is 13.2 Å². The number of halogens is 5. The first-order chi connectivity index (χ1) is 14.6. The molecule has 31 heavy (non-hydrogen) atoms. The summed E-state index contributed by atoms with van der Waals surface area (Å²) in [5.74, 6) is -1.26.